The number of benzene rings is 2. The van der Waals surface area contributed by atoms with Crippen molar-refractivity contribution in [2.75, 3.05) is 5.32 Å². The van der Waals surface area contributed by atoms with E-state index >= 15 is 0 Å². The standard InChI is InChI=1S/C24H19Cl2F3N2O4/c1-13(23(35,24(27,28)29)16-8-9-30-20(26)12-16)18-7-4-15(11-19(18)25)22(34)31-17-5-2-14(3-6-17)10-21(32)33/h2-9,11-13,35H,10H2,1H3,(H,31,34)(H,32,33)/t13-,23-/m1/s1. The van der Waals surface area contributed by atoms with E-state index in [1.165, 1.54) is 37.3 Å². The quantitative estimate of drug-likeness (QED) is 0.337. The number of nitrogens with zero attached hydrogens (tertiary/aromatic N) is 1. The summed E-state index contributed by atoms with van der Waals surface area (Å²) in [6, 6.07) is 11.8. The molecule has 0 spiro atoms. The number of carbonyl (C=O) groups is 2. The number of carbonyl (C=O) groups excluding carboxylic acids is 1. The summed E-state index contributed by atoms with van der Waals surface area (Å²) >= 11 is 12.0. The predicted molar refractivity (Wildman–Crippen MR) is 125 cm³/mol. The molecule has 6 nitrogen and oxygen atoms in total. The topological polar surface area (TPSA) is 99.5 Å². The van der Waals surface area contributed by atoms with Gasteiger partial charge in [0.2, 0.25) is 0 Å². The molecule has 0 saturated heterocycles. The summed E-state index contributed by atoms with van der Waals surface area (Å²) in [6.45, 7) is 1.17. The zero-order chi connectivity index (χ0) is 26.0. The van der Waals surface area contributed by atoms with Crippen molar-refractivity contribution in [2.45, 2.75) is 31.0 Å². The number of aliphatic carboxylic acids is 1. The Morgan fingerprint density at radius 1 is 1.06 bits per heavy atom. The lowest BCUT2D eigenvalue weighted by atomic mass is 9.78. The van der Waals surface area contributed by atoms with Gasteiger partial charge in [-0.25, -0.2) is 4.98 Å². The maximum absolute atomic E-state index is 14.1. The third kappa shape index (κ3) is 5.75. The van der Waals surface area contributed by atoms with Crippen molar-refractivity contribution in [3.63, 3.8) is 0 Å². The van der Waals surface area contributed by atoms with Crippen LogP contribution in [-0.4, -0.2) is 33.2 Å². The van der Waals surface area contributed by atoms with Crippen LogP contribution < -0.4 is 5.32 Å². The minimum atomic E-state index is -5.08. The summed E-state index contributed by atoms with van der Waals surface area (Å²) < 4.78 is 42.3. The van der Waals surface area contributed by atoms with Crippen molar-refractivity contribution in [2.24, 2.45) is 0 Å². The van der Waals surface area contributed by atoms with Crippen LogP contribution in [-0.2, 0) is 16.8 Å². The molecule has 184 valence electrons. The van der Waals surface area contributed by atoms with Crippen LogP contribution in [0.25, 0.3) is 0 Å². The molecule has 2 atom stereocenters. The van der Waals surface area contributed by atoms with Gasteiger partial charge < -0.3 is 15.5 Å². The van der Waals surface area contributed by atoms with E-state index in [0.29, 0.717) is 11.3 Å². The van der Waals surface area contributed by atoms with Gasteiger partial charge in [0.05, 0.1) is 6.42 Å². The molecular formula is C24H19Cl2F3N2O4. The van der Waals surface area contributed by atoms with Gasteiger partial charge in [-0.05, 0) is 53.1 Å². The number of carboxylic acids is 1. The van der Waals surface area contributed by atoms with E-state index in [2.05, 4.69) is 10.3 Å². The monoisotopic (exact) mass is 526 g/mol. The third-order valence-corrected chi connectivity index (χ3v) is 6.06. The van der Waals surface area contributed by atoms with Crippen molar-refractivity contribution < 1.29 is 33.0 Å². The van der Waals surface area contributed by atoms with Crippen molar-refractivity contribution in [1.29, 1.82) is 0 Å². The fourth-order valence-corrected chi connectivity index (χ4v) is 4.15. The number of amides is 1. The molecule has 0 radical (unpaired) electrons. The molecule has 0 bridgehead atoms. The SMILES string of the molecule is C[C@H](c1ccc(C(=O)Nc2ccc(CC(=O)O)cc2)cc1Cl)[C@@](O)(c1ccnc(Cl)c1)C(F)(F)F. The van der Waals surface area contributed by atoms with E-state index in [0.717, 1.165) is 18.3 Å². The van der Waals surface area contributed by atoms with Gasteiger partial charge >= 0.3 is 12.1 Å². The molecule has 1 aromatic heterocycles. The summed E-state index contributed by atoms with van der Waals surface area (Å²) in [4.78, 5) is 27.0. The van der Waals surface area contributed by atoms with E-state index in [-0.39, 0.29) is 27.7 Å². The second kappa shape index (κ2) is 10.2. The maximum atomic E-state index is 14.1. The zero-order valence-electron chi connectivity index (χ0n) is 18.1. The fraction of sp³-hybridized carbons (Fsp3) is 0.208. The summed E-state index contributed by atoms with van der Waals surface area (Å²) in [5, 5.41) is 21.9. The van der Waals surface area contributed by atoms with Crippen LogP contribution in [0, 0.1) is 0 Å². The Morgan fingerprint density at radius 2 is 1.71 bits per heavy atom. The number of pyridine rings is 1. The summed E-state index contributed by atoms with van der Waals surface area (Å²) in [7, 11) is 0. The van der Waals surface area contributed by atoms with Crippen molar-refractivity contribution in [3.8, 4) is 0 Å². The van der Waals surface area contributed by atoms with Crippen LogP contribution in [0.3, 0.4) is 0 Å². The first-order chi connectivity index (χ1) is 16.3. The van der Waals surface area contributed by atoms with Crippen LogP contribution >= 0.6 is 23.2 Å². The molecule has 11 heteroatoms. The minimum Gasteiger partial charge on any atom is -0.481 e. The first-order valence-corrected chi connectivity index (χ1v) is 10.9. The Morgan fingerprint density at radius 3 is 2.26 bits per heavy atom. The third-order valence-electron chi connectivity index (χ3n) is 5.52. The van der Waals surface area contributed by atoms with Gasteiger partial charge in [-0.1, -0.05) is 48.3 Å². The Labute approximate surface area is 208 Å². The lowest BCUT2D eigenvalue weighted by Gasteiger charge is -2.37. The molecule has 3 aromatic rings. The molecule has 0 unspecified atom stereocenters. The summed E-state index contributed by atoms with van der Waals surface area (Å²) in [5.74, 6) is -3.13. The molecule has 0 aliphatic heterocycles. The molecule has 3 N–H and O–H groups in total. The highest BCUT2D eigenvalue weighted by Gasteiger charge is 2.59. The number of halogens is 5. The van der Waals surface area contributed by atoms with Gasteiger partial charge in [0.1, 0.15) is 5.15 Å². The number of hydrogen-bond donors (Lipinski definition) is 3. The number of carboxylic acid groups (broad SMARTS) is 1. The molecule has 2 aromatic carbocycles. The molecule has 35 heavy (non-hydrogen) atoms. The van der Waals surface area contributed by atoms with Gasteiger partial charge in [0, 0.05) is 28.4 Å². The first-order valence-electron chi connectivity index (χ1n) is 10.2. The smallest absolute Gasteiger partial charge is 0.422 e. The number of nitrogens with one attached hydrogen (secondary N) is 1. The van der Waals surface area contributed by atoms with Crippen LogP contribution in [0.15, 0.2) is 60.8 Å². The lowest BCUT2D eigenvalue weighted by Crippen LogP contribution is -2.46. The molecule has 3 rings (SSSR count). The zero-order valence-corrected chi connectivity index (χ0v) is 19.6. The first kappa shape index (κ1) is 26.5. The molecule has 0 aliphatic carbocycles. The number of hydrogen-bond acceptors (Lipinski definition) is 4. The summed E-state index contributed by atoms with van der Waals surface area (Å²) in [6.07, 6.45) is -4.19. The van der Waals surface area contributed by atoms with Crippen LogP contribution in [0.4, 0.5) is 18.9 Å². The van der Waals surface area contributed by atoms with E-state index in [1.54, 1.807) is 12.1 Å². The predicted octanol–water partition coefficient (Wildman–Crippen LogP) is 5.82. The second-order valence-corrected chi connectivity index (χ2v) is 8.61. The molecular weight excluding hydrogens is 508 g/mol. The second-order valence-electron chi connectivity index (χ2n) is 7.81. The van der Waals surface area contributed by atoms with Crippen molar-refractivity contribution >= 4 is 40.8 Å². The average molecular weight is 527 g/mol. The van der Waals surface area contributed by atoms with Gasteiger partial charge in [0.25, 0.3) is 5.91 Å². The van der Waals surface area contributed by atoms with Crippen molar-refractivity contribution in [1.82, 2.24) is 4.98 Å². The largest absolute Gasteiger partial charge is 0.481 e. The van der Waals surface area contributed by atoms with E-state index in [1.807, 2.05) is 0 Å². The molecule has 0 saturated carbocycles. The van der Waals surface area contributed by atoms with Gasteiger partial charge in [-0.15, -0.1) is 0 Å². The molecule has 1 amide bonds. The van der Waals surface area contributed by atoms with Gasteiger partial charge in [0.15, 0.2) is 5.60 Å². The van der Waals surface area contributed by atoms with Crippen LogP contribution in [0.1, 0.15) is 39.9 Å². The highest BCUT2D eigenvalue weighted by atomic mass is 35.5. The van der Waals surface area contributed by atoms with Crippen molar-refractivity contribution in [3.05, 3.63) is 93.2 Å². The molecule has 1 heterocycles. The highest BCUT2D eigenvalue weighted by Crippen LogP contribution is 2.50. The number of alkyl halides is 3. The lowest BCUT2D eigenvalue weighted by molar-refractivity contribution is -0.274. The van der Waals surface area contributed by atoms with E-state index < -0.39 is 35.1 Å². The maximum Gasteiger partial charge on any atom is 0.422 e. The number of aromatic nitrogens is 1. The Bertz CT molecular complexity index is 1250. The fourth-order valence-electron chi connectivity index (χ4n) is 3.63. The Hall–Kier alpha value is -3.14. The normalized spacial score (nSPS) is 14.1. The average Bonchev–Trinajstić information content (AvgIpc) is 2.78. The molecule has 0 fully saturated rings. The highest BCUT2D eigenvalue weighted by molar-refractivity contribution is 6.32. The Balaban J connectivity index is 1.87. The minimum absolute atomic E-state index is 0.0333. The number of rotatable bonds is 7. The van der Waals surface area contributed by atoms with Gasteiger partial charge in [-0.2, -0.15) is 13.2 Å². The number of anilines is 1. The van der Waals surface area contributed by atoms with Crippen LogP contribution in [0.5, 0.6) is 0 Å². The number of aliphatic hydroxyl groups is 1. The molecule has 0 aliphatic rings. The van der Waals surface area contributed by atoms with Crippen LogP contribution in [0.2, 0.25) is 10.2 Å². The van der Waals surface area contributed by atoms with E-state index in [4.69, 9.17) is 28.3 Å². The van der Waals surface area contributed by atoms with Gasteiger partial charge in [-0.3, -0.25) is 9.59 Å². The van der Waals surface area contributed by atoms with E-state index in [9.17, 15) is 27.9 Å². The summed E-state index contributed by atoms with van der Waals surface area (Å²) in [5.41, 5.74) is -2.85. The Kier molecular flexibility index (Phi) is 7.74.